The van der Waals surface area contributed by atoms with Crippen LogP contribution in [-0.4, -0.2) is 31.7 Å². The molecule has 1 fully saturated rings. The first-order valence-corrected chi connectivity index (χ1v) is 11.0. The Bertz CT molecular complexity index is 1100. The van der Waals surface area contributed by atoms with E-state index in [4.69, 9.17) is 0 Å². The summed E-state index contributed by atoms with van der Waals surface area (Å²) in [6, 6.07) is 15.6. The number of sulfonamides is 1. The number of nitrogens with zero attached hydrogens (tertiary/aromatic N) is 3. The SMILES string of the molecule is O=S(=O)(Nc1cccc(-c2ccc(N3CCCCC3)nn2)c1)c1cccc(F)c1. The van der Waals surface area contributed by atoms with E-state index >= 15 is 0 Å². The van der Waals surface area contributed by atoms with Crippen LogP contribution in [0, 0.1) is 5.82 Å². The summed E-state index contributed by atoms with van der Waals surface area (Å²) >= 11 is 0. The van der Waals surface area contributed by atoms with E-state index in [1.54, 1.807) is 18.2 Å². The molecular formula is C21H21FN4O2S. The van der Waals surface area contributed by atoms with Crippen molar-refractivity contribution in [2.45, 2.75) is 24.2 Å². The maximum absolute atomic E-state index is 13.4. The van der Waals surface area contributed by atoms with Crippen LogP contribution in [0.2, 0.25) is 0 Å². The van der Waals surface area contributed by atoms with Crippen molar-refractivity contribution in [1.29, 1.82) is 0 Å². The summed E-state index contributed by atoms with van der Waals surface area (Å²) in [6.45, 7) is 1.98. The molecule has 2 heterocycles. The minimum Gasteiger partial charge on any atom is -0.355 e. The average Bonchev–Trinajstić information content (AvgIpc) is 2.74. The van der Waals surface area contributed by atoms with E-state index in [1.165, 1.54) is 24.6 Å². The van der Waals surface area contributed by atoms with E-state index in [0.29, 0.717) is 11.4 Å². The van der Waals surface area contributed by atoms with Crippen LogP contribution in [0.1, 0.15) is 19.3 Å². The molecule has 0 unspecified atom stereocenters. The van der Waals surface area contributed by atoms with Gasteiger partial charge in [-0.05, 0) is 61.7 Å². The summed E-state index contributed by atoms with van der Waals surface area (Å²) in [7, 11) is -3.89. The van der Waals surface area contributed by atoms with Crippen LogP contribution in [0.15, 0.2) is 65.6 Å². The summed E-state index contributed by atoms with van der Waals surface area (Å²) in [5.41, 5.74) is 1.76. The molecule has 1 N–H and O–H groups in total. The van der Waals surface area contributed by atoms with Crippen molar-refractivity contribution in [2.75, 3.05) is 22.7 Å². The monoisotopic (exact) mass is 412 g/mol. The quantitative estimate of drug-likeness (QED) is 0.684. The van der Waals surface area contributed by atoms with Crippen LogP contribution >= 0.6 is 0 Å². The zero-order chi connectivity index (χ0) is 20.3. The fraction of sp³-hybridized carbons (Fsp3) is 0.238. The molecule has 0 atom stereocenters. The Morgan fingerprint density at radius 3 is 2.41 bits per heavy atom. The van der Waals surface area contributed by atoms with Gasteiger partial charge in [-0.3, -0.25) is 4.72 Å². The molecule has 1 aliphatic rings. The van der Waals surface area contributed by atoms with E-state index < -0.39 is 15.8 Å². The van der Waals surface area contributed by atoms with Crippen molar-refractivity contribution in [3.05, 3.63) is 66.5 Å². The van der Waals surface area contributed by atoms with Gasteiger partial charge in [0.25, 0.3) is 10.0 Å². The topological polar surface area (TPSA) is 75.2 Å². The predicted octanol–water partition coefficient (Wildman–Crippen LogP) is 4.07. The van der Waals surface area contributed by atoms with Crippen LogP contribution < -0.4 is 9.62 Å². The van der Waals surface area contributed by atoms with Crippen LogP contribution in [0.5, 0.6) is 0 Å². The van der Waals surface area contributed by atoms with Crippen LogP contribution in [0.25, 0.3) is 11.3 Å². The van der Waals surface area contributed by atoms with Crippen molar-refractivity contribution in [2.24, 2.45) is 0 Å². The predicted molar refractivity (Wildman–Crippen MR) is 111 cm³/mol. The molecule has 1 saturated heterocycles. The Kier molecular flexibility index (Phi) is 5.44. The number of piperidine rings is 1. The van der Waals surface area contributed by atoms with Crippen molar-refractivity contribution < 1.29 is 12.8 Å². The van der Waals surface area contributed by atoms with Gasteiger partial charge in [-0.25, -0.2) is 12.8 Å². The van der Waals surface area contributed by atoms with Gasteiger partial charge in [0.05, 0.1) is 10.6 Å². The van der Waals surface area contributed by atoms with Gasteiger partial charge in [0.15, 0.2) is 5.82 Å². The number of anilines is 2. The van der Waals surface area contributed by atoms with Crippen LogP contribution in [-0.2, 0) is 10.0 Å². The minimum atomic E-state index is -3.89. The van der Waals surface area contributed by atoms with Crippen molar-refractivity contribution >= 4 is 21.5 Å². The largest absolute Gasteiger partial charge is 0.355 e. The number of rotatable bonds is 5. The maximum atomic E-state index is 13.4. The first kappa shape index (κ1) is 19.3. The Hall–Kier alpha value is -3.00. The molecule has 0 amide bonds. The second-order valence-electron chi connectivity index (χ2n) is 6.97. The molecule has 0 saturated carbocycles. The maximum Gasteiger partial charge on any atom is 0.261 e. The van der Waals surface area contributed by atoms with Crippen molar-refractivity contribution in [3.63, 3.8) is 0 Å². The molecule has 0 aliphatic carbocycles. The Morgan fingerprint density at radius 1 is 0.897 bits per heavy atom. The zero-order valence-electron chi connectivity index (χ0n) is 15.8. The average molecular weight is 412 g/mol. The Morgan fingerprint density at radius 2 is 1.69 bits per heavy atom. The molecule has 150 valence electrons. The summed E-state index contributed by atoms with van der Waals surface area (Å²) < 4.78 is 40.9. The fourth-order valence-electron chi connectivity index (χ4n) is 3.36. The summed E-state index contributed by atoms with van der Waals surface area (Å²) in [6.07, 6.45) is 3.58. The van der Waals surface area contributed by atoms with Gasteiger partial charge in [-0.1, -0.05) is 18.2 Å². The highest BCUT2D eigenvalue weighted by Gasteiger charge is 2.16. The van der Waals surface area contributed by atoms with E-state index in [2.05, 4.69) is 19.8 Å². The van der Waals surface area contributed by atoms with Crippen molar-refractivity contribution in [3.8, 4) is 11.3 Å². The number of halogens is 1. The van der Waals surface area contributed by atoms with Gasteiger partial charge < -0.3 is 4.90 Å². The number of aromatic nitrogens is 2. The Labute approximate surface area is 169 Å². The second-order valence-corrected chi connectivity index (χ2v) is 8.65. The highest BCUT2D eigenvalue weighted by atomic mass is 32.2. The van der Waals surface area contributed by atoms with E-state index in [0.717, 1.165) is 43.4 Å². The van der Waals surface area contributed by atoms with Gasteiger partial charge in [0.2, 0.25) is 0 Å². The molecule has 29 heavy (non-hydrogen) atoms. The van der Waals surface area contributed by atoms with E-state index in [9.17, 15) is 12.8 Å². The zero-order valence-corrected chi connectivity index (χ0v) is 16.6. The van der Waals surface area contributed by atoms with Crippen molar-refractivity contribution in [1.82, 2.24) is 10.2 Å². The highest BCUT2D eigenvalue weighted by Crippen LogP contribution is 2.24. The first-order valence-electron chi connectivity index (χ1n) is 9.49. The van der Waals surface area contributed by atoms with Crippen LogP contribution in [0.3, 0.4) is 0 Å². The molecular weight excluding hydrogens is 391 g/mol. The Balaban J connectivity index is 1.54. The molecule has 1 aromatic heterocycles. The minimum absolute atomic E-state index is 0.131. The molecule has 0 radical (unpaired) electrons. The lowest BCUT2D eigenvalue weighted by molar-refractivity contribution is 0.571. The summed E-state index contributed by atoms with van der Waals surface area (Å²) in [4.78, 5) is 2.10. The summed E-state index contributed by atoms with van der Waals surface area (Å²) in [5, 5.41) is 8.65. The van der Waals surface area contributed by atoms with Gasteiger partial charge in [0, 0.05) is 24.3 Å². The van der Waals surface area contributed by atoms with Gasteiger partial charge in [0.1, 0.15) is 5.82 Å². The van der Waals surface area contributed by atoms with Gasteiger partial charge >= 0.3 is 0 Å². The highest BCUT2D eigenvalue weighted by molar-refractivity contribution is 7.92. The first-order chi connectivity index (χ1) is 14.0. The van der Waals surface area contributed by atoms with Crippen LogP contribution in [0.4, 0.5) is 15.9 Å². The number of hydrogen-bond acceptors (Lipinski definition) is 5. The third-order valence-electron chi connectivity index (χ3n) is 4.85. The lowest BCUT2D eigenvalue weighted by Gasteiger charge is -2.27. The number of nitrogens with one attached hydrogen (secondary N) is 1. The molecule has 8 heteroatoms. The molecule has 1 aliphatic heterocycles. The molecule has 3 aromatic rings. The second kappa shape index (κ2) is 8.16. The lowest BCUT2D eigenvalue weighted by Crippen LogP contribution is -2.30. The number of benzene rings is 2. The molecule has 4 rings (SSSR count). The third-order valence-corrected chi connectivity index (χ3v) is 6.23. The van der Waals surface area contributed by atoms with Gasteiger partial charge in [-0.2, -0.15) is 0 Å². The summed E-state index contributed by atoms with van der Waals surface area (Å²) in [5.74, 6) is 0.252. The molecule has 0 bridgehead atoms. The number of hydrogen-bond donors (Lipinski definition) is 1. The normalized spacial score (nSPS) is 14.6. The smallest absolute Gasteiger partial charge is 0.261 e. The van der Waals surface area contributed by atoms with E-state index in [1.807, 2.05) is 18.2 Å². The fourth-order valence-corrected chi connectivity index (χ4v) is 4.44. The lowest BCUT2D eigenvalue weighted by atomic mass is 10.1. The van der Waals surface area contributed by atoms with E-state index in [-0.39, 0.29) is 4.90 Å². The third kappa shape index (κ3) is 4.54. The molecule has 2 aromatic carbocycles. The molecule has 6 nitrogen and oxygen atoms in total. The molecule has 0 spiro atoms. The standard InChI is InChI=1S/C21H21FN4O2S/c22-17-7-5-9-19(15-17)29(27,28)25-18-8-4-6-16(14-18)20-10-11-21(24-23-20)26-12-2-1-3-13-26/h4-11,14-15,25H,1-3,12-13H2. The van der Waals surface area contributed by atoms with Gasteiger partial charge in [-0.15, -0.1) is 10.2 Å².